The van der Waals surface area contributed by atoms with Crippen molar-refractivity contribution in [2.45, 2.75) is 12.8 Å². The summed E-state index contributed by atoms with van der Waals surface area (Å²) in [6.07, 6.45) is 2.80. The molecule has 0 aromatic heterocycles. The van der Waals surface area contributed by atoms with Crippen LogP contribution in [0.5, 0.6) is 0 Å². The van der Waals surface area contributed by atoms with Gasteiger partial charge in [0.05, 0.1) is 28.9 Å². The molecule has 1 saturated heterocycles. The highest BCUT2D eigenvalue weighted by Gasteiger charge is 2.48. The lowest BCUT2D eigenvalue weighted by atomic mass is 9.85. The van der Waals surface area contributed by atoms with Crippen LogP contribution < -0.4 is 4.90 Å². The second-order valence-corrected chi connectivity index (χ2v) is 6.85. The van der Waals surface area contributed by atoms with Crippen LogP contribution in [0.2, 0.25) is 0 Å². The maximum Gasteiger partial charge on any atom is 0.238 e. The van der Waals surface area contributed by atoms with Crippen molar-refractivity contribution in [2.75, 3.05) is 4.90 Å². The molecule has 0 spiro atoms. The summed E-state index contributed by atoms with van der Waals surface area (Å²) in [6.45, 7) is 0. The summed E-state index contributed by atoms with van der Waals surface area (Å²) in [5.74, 6) is -0.983. The topological polar surface area (TPSA) is 62.1 Å². The Kier molecular flexibility index (Phi) is 4.39. The van der Waals surface area contributed by atoms with E-state index in [2.05, 4.69) is 10.2 Å². The second-order valence-electron chi connectivity index (χ2n) is 6.37. The Labute approximate surface area is 156 Å². The summed E-state index contributed by atoms with van der Waals surface area (Å²) >= 11 is 6.05. The van der Waals surface area contributed by atoms with E-state index in [0.717, 1.165) is 5.69 Å². The lowest BCUT2D eigenvalue weighted by Gasteiger charge is -2.17. The number of nitrogens with zero attached hydrogens (tertiary/aromatic N) is 3. The maximum absolute atomic E-state index is 12.7. The van der Waals surface area contributed by atoms with Crippen LogP contribution in [-0.2, 0) is 9.59 Å². The van der Waals surface area contributed by atoms with Gasteiger partial charge in [-0.05, 0) is 49.2 Å². The molecule has 2 aromatic carbocycles. The summed E-state index contributed by atoms with van der Waals surface area (Å²) < 4.78 is 0. The molecule has 26 heavy (non-hydrogen) atoms. The third-order valence-corrected chi connectivity index (χ3v) is 5.02. The molecular weight excluding hydrogens is 350 g/mol. The Morgan fingerprint density at radius 2 is 1.46 bits per heavy atom. The van der Waals surface area contributed by atoms with E-state index in [-0.39, 0.29) is 23.7 Å². The van der Waals surface area contributed by atoms with E-state index in [1.807, 2.05) is 36.4 Å². The van der Waals surface area contributed by atoms with Gasteiger partial charge in [-0.25, -0.2) is 0 Å². The Balaban J connectivity index is 1.53. The molecule has 6 heteroatoms. The number of halogens is 1. The van der Waals surface area contributed by atoms with Crippen molar-refractivity contribution in [3.8, 4) is 0 Å². The number of hydrogen-bond acceptors (Lipinski definition) is 4. The number of amides is 2. The first kappa shape index (κ1) is 16.7. The third kappa shape index (κ3) is 3.06. The molecule has 4 rings (SSSR count). The summed E-state index contributed by atoms with van der Waals surface area (Å²) in [5, 5.41) is 8.99. The van der Waals surface area contributed by atoms with Crippen LogP contribution in [0.4, 0.5) is 17.1 Å². The fourth-order valence-corrected chi connectivity index (χ4v) is 3.62. The highest BCUT2D eigenvalue weighted by Crippen LogP contribution is 2.40. The van der Waals surface area contributed by atoms with Crippen molar-refractivity contribution in [3.63, 3.8) is 0 Å². The van der Waals surface area contributed by atoms with E-state index in [4.69, 9.17) is 11.6 Å². The molecule has 2 aliphatic rings. The second kappa shape index (κ2) is 6.84. The SMILES string of the molecule is O=C1C2CC=C(Cl)CC2C(=O)N1c1ccc(N=Nc2ccccc2)cc1. The molecular formula is C20H16ClN3O2. The first-order valence-corrected chi connectivity index (χ1v) is 8.80. The average molecular weight is 366 g/mol. The van der Waals surface area contributed by atoms with Gasteiger partial charge in [-0.2, -0.15) is 10.2 Å². The van der Waals surface area contributed by atoms with E-state index in [1.54, 1.807) is 24.3 Å². The molecule has 0 N–H and O–H groups in total. The van der Waals surface area contributed by atoms with Crippen LogP contribution in [0.1, 0.15) is 12.8 Å². The number of anilines is 1. The minimum Gasteiger partial charge on any atom is -0.274 e. The van der Waals surface area contributed by atoms with Gasteiger partial charge in [-0.15, -0.1) is 0 Å². The zero-order valence-corrected chi connectivity index (χ0v) is 14.6. The lowest BCUT2D eigenvalue weighted by molar-refractivity contribution is -0.122. The minimum absolute atomic E-state index is 0.154. The molecule has 1 aliphatic heterocycles. The fraction of sp³-hybridized carbons (Fsp3) is 0.200. The van der Waals surface area contributed by atoms with Gasteiger partial charge in [0.25, 0.3) is 0 Å². The molecule has 2 unspecified atom stereocenters. The normalized spacial score (nSPS) is 22.7. The smallest absolute Gasteiger partial charge is 0.238 e. The quantitative estimate of drug-likeness (QED) is 0.559. The lowest BCUT2D eigenvalue weighted by Crippen LogP contribution is -2.30. The predicted molar refractivity (Wildman–Crippen MR) is 99.7 cm³/mol. The van der Waals surface area contributed by atoms with E-state index < -0.39 is 0 Å². The number of hydrogen-bond donors (Lipinski definition) is 0. The minimum atomic E-state index is -0.350. The standard InChI is InChI=1S/C20H16ClN3O2/c21-13-6-11-17-18(12-13)20(26)24(19(17)25)16-9-7-15(8-10-16)23-22-14-4-2-1-3-5-14/h1-10,17-18H,11-12H2. The maximum atomic E-state index is 12.7. The van der Waals surface area contributed by atoms with Crippen molar-refractivity contribution >= 4 is 40.5 Å². The summed E-state index contributed by atoms with van der Waals surface area (Å²) in [7, 11) is 0. The Morgan fingerprint density at radius 1 is 0.846 bits per heavy atom. The van der Waals surface area contributed by atoms with Crippen molar-refractivity contribution in [1.29, 1.82) is 0 Å². The average Bonchev–Trinajstić information content (AvgIpc) is 2.91. The molecule has 1 heterocycles. The Hall–Kier alpha value is -2.79. The number of imide groups is 1. The zero-order chi connectivity index (χ0) is 18.1. The Morgan fingerprint density at radius 3 is 2.15 bits per heavy atom. The van der Waals surface area contributed by atoms with Crippen LogP contribution in [-0.4, -0.2) is 11.8 Å². The molecule has 0 radical (unpaired) electrons. The van der Waals surface area contributed by atoms with Crippen molar-refractivity contribution in [1.82, 2.24) is 0 Å². The van der Waals surface area contributed by atoms with E-state index in [0.29, 0.717) is 29.2 Å². The zero-order valence-electron chi connectivity index (χ0n) is 13.9. The van der Waals surface area contributed by atoms with E-state index >= 15 is 0 Å². The summed E-state index contributed by atoms with van der Waals surface area (Å²) in [6, 6.07) is 16.4. The molecule has 5 nitrogen and oxygen atoms in total. The van der Waals surface area contributed by atoms with Gasteiger partial charge < -0.3 is 0 Å². The van der Waals surface area contributed by atoms with Crippen LogP contribution in [0.15, 0.2) is 75.9 Å². The number of rotatable bonds is 3. The number of benzene rings is 2. The molecule has 2 atom stereocenters. The third-order valence-electron chi connectivity index (χ3n) is 4.71. The van der Waals surface area contributed by atoms with Gasteiger partial charge in [0, 0.05) is 5.03 Å². The van der Waals surface area contributed by atoms with Gasteiger partial charge >= 0.3 is 0 Å². The first-order valence-electron chi connectivity index (χ1n) is 8.42. The van der Waals surface area contributed by atoms with Crippen molar-refractivity contribution in [2.24, 2.45) is 22.1 Å². The van der Waals surface area contributed by atoms with E-state index in [9.17, 15) is 9.59 Å². The van der Waals surface area contributed by atoms with Gasteiger partial charge in [0.2, 0.25) is 11.8 Å². The molecule has 0 saturated carbocycles. The predicted octanol–water partition coefficient (Wildman–Crippen LogP) is 5.12. The largest absolute Gasteiger partial charge is 0.274 e. The molecule has 0 bridgehead atoms. The number of allylic oxidation sites excluding steroid dienone is 2. The van der Waals surface area contributed by atoms with E-state index in [1.165, 1.54) is 4.90 Å². The molecule has 1 fully saturated rings. The summed E-state index contributed by atoms with van der Waals surface area (Å²) in [4.78, 5) is 26.6. The van der Waals surface area contributed by atoms with Gasteiger partial charge in [0.15, 0.2) is 0 Å². The Bertz CT molecular complexity index is 906. The monoisotopic (exact) mass is 365 g/mol. The number of azo groups is 1. The highest BCUT2D eigenvalue weighted by molar-refractivity contribution is 6.30. The molecule has 2 amide bonds. The van der Waals surface area contributed by atoms with Gasteiger partial charge in [-0.1, -0.05) is 35.9 Å². The van der Waals surface area contributed by atoms with Crippen molar-refractivity contribution < 1.29 is 9.59 Å². The van der Waals surface area contributed by atoms with Crippen LogP contribution in [0.3, 0.4) is 0 Å². The van der Waals surface area contributed by atoms with Crippen LogP contribution in [0.25, 0.3) is 0 Å². The molecule has 130 valence electrons. The summed E-state index contributed by atoms with van der Waals surface area (Å²) in [5.41, 5.74) is 1.97. The molecule has 1 aliphatic carbocycles. The fourth-order valence-electron chi connectivity index (χ4n) is 3.36. The van der Waals surface area contributed by atoms with Crippen molar-refractivity contribution in [3.05, 3.63) is 65.7 Å². The number of carbonyl (C=O) groups is 2. The van der Waals surface area contributed by atoms with Gasteiger partial charge in [0.1, 0.15) is 0 Å². The van der Waals surface area contributed by atoms with Crippen LogP contribution in [0, 0.1) is 11.8 Å². The first-order chi connectivity index (χ1) is 12.6. The highest BCUT2D eigenvalue weighted by atomic mass is 35.5. The number of fused-ring (bicyclic) bond motifs is 1. The van der Waals surface area contributed by atoms with Crippen LogP contribution >= 0.6 is 11.6 Å². The molecule has 2 aromatic rings. The number of carbonyl (C=O) groups excluding carboxylic acids is 2. The van der Waals surface area contributed by atoms with Gasteiger partial charge in [-0.3, -0.25) is 14.5 Å².